The van der Waals surface area contributed by atoms with Crippen LogP contribution in [0.5, 0.6) is 0 Å². The van der Waals surface area contributed by atoms with Crippen molar-refractivity contribution in [3.8, 4) is 11.1 Å². The Morgan fingerprint density at radius 3 is 1.00 bits per heavy atom. The van der Waals surface area contributed by atoms with E-state index in [0.29, 0.717) is 36.0 Å². The van der Waals surface area contributed by atoms with Crippen LogP contribution < -0.4 is 0 Å². The summed E-state index contributed by atoms with van der Waals surface area (Å²) in [7, 11) is -6.95. The molecule has 2 saturated heterocycles. The maximum atomic E-state index is 13.0. The first-order valence-corrected chi connectivity index (χ1v) is 14.5. The van der Waals surface area contributed by atoms with Gasteiger partial charge in [0.25, 0.3) is 0 Å². The number of nitrogens with zero attached hydrogens (tertiary/aromatic N) is 2. The molecule has 0 N–H and O–H groups in total. The summed E-state index contributed by atoms with van der Waals surface area (Å²) in [6.07, 6.45) is 7.94. The van der Waals surface area contributed by atoms with E-state index in [4.69, 9.17) is 0 Å². The first-order chi connectivity index (χ1) is 15.4. The van der Waals surface area contributed by atoms with Gasteiger partial charge in [-0.25, -0.2) is 16.8 Å². The van der Waals surface area contributed by atoms with Crippen LogP contribution in [0, 0.1) is 0 Å². The highest BCUT2D eigenvalue weighted by Gasteiger charge is 2.26. The maximum Gasteiger partial charge on any atom is 0.243 e. The smallest absolute Gasteiger partial charge is 0.207 e. The lowest BCUT2D eigenvalue weighted by Crippen LogP contribution is -2.31. The van der Waals surface area contributed by atoms with Gasteiger partial charge >= 0.3 is 0 Å². The van der Waals surface area contributed by atoms with Crippen molar-refractivity contribution in [2.75, 3.05) is 26.2 Å². The molecule has 0 spiro atoms. The van der Waals surface area contributed by atoms with E-state index in [-0.39, 0.29) is 0 Å². The van der Waals surface area contributed by atoms with Gasteiger partial charge in [0.05, 0.1) is 9.79 Å². The molecule has 0 bridgehead atoms. The predicted molar refractivity (Wildman–Crippen MR) is 126 cm³/mol. The molecular weight excluding hydrogens is 444 g/mol. The van der Waals surface area contributed by atoms with Crippen LogP contribution in [0.2, 0.25) is 0 Å². The average molecular weight is 477 g/mol. The summed E-state index contributed by atoms with van der Waals surface area (Å²) in [5.41, 5.74) is 1.72. The van der Waals surface area contributed by atoms with Crippen LogP contribution in [-0.2, 0) is 20.0 Å². The molecule has 32 heavy (non-hydrogen) atoms. The van der Waals surface area contributed by atoms with Gasteiger partial charge in [-0.15, -0.1) is 0 Å². The van der Waals surface area contributed by atoms with Crippen molar-refractivity contribution >= 4 is 20.0 Å². The van der Waals surface area contributed by atoms with Crippen LogP contribution in [-0.4, -0.2) is 51.6 Å². The zero-order valence-electron chi connectivity index (χ0n) is 18.4. The summed E-state index contributed by atoms with van der Waals surface area (Å²) in [5.74, 6) is 0. The zero-order valence-corrected chi connectivity index (χ0v) is 20.1. The Labute approximate surface area is 192 Å². The standard InChI is InChI=1S/C24H32N2O4S2/c27-31(28,25-17-5-1-2-6-18-25)23-13-9-21(10-14-23)22-11-15-24(16-12-22)32(29,30)26-19-7-3-4-8-20-26/h9-16H,1-8,17-20H2. The lowest BCUT2D eigenvalue weighted by atomic mass is 10.1. The molecule has 2 fully saturated rings. The highest BCUT2D eigenvalue weighted by molar-refractivity contribution is 7.89. The Morgan fingerprint density at radius 1 is 0.438 bits per heavy atom. The van der Waals surface area contributed by atoms with Crippen LogP contribution in [0.15, 0.2) is 58.3 Å². The van der Waals surface area contributed by atoms with Crippen LogP contribution >= 0.6 is 0 Å². The second-order valence-corrected chi connectivity index (χ2v) is 12.6. The molecular formula is C24H32N2O4S2. The van der Waals surface area contributed by atoms with E-state index in [0.717, 1.165) is 62.5 Å². The zero-order chi connectivity index (χ0) is 22.6. The van der Waals surface area contributed by atoms with Gasteiger partial charge in [0.2, 0.25) is 20.0 Å². The van der Waals surface area contributed by atoms with Crippen molar-refractivity contribution in [3.63, 3.8) is 0 Å². The van der Waals surface area contributed by atoms with Gasteiger partial charge in [-0.3, -0.25) is 0 Å². The first-order valence-electron chi connectivity index (χ1n) is 11.6. The number of sulfonamides is 2. The third kappa shape index (κ3) is 5.09. The Bertz CT molecular complexity index is 1000. The quantitative estimate of drug-likeness (QED) is 0.638. The fourth-order valence-corrected chi connectivity index (χ4v) is 7.54. The number of hydrogen-bond acceptors (Lipinski definition) is 4. The minimum atomic E-state index is -3.48. The molecule has 0 saturated carbocycles. The van der Waals surface area contributed by atoms with Gasteiger partial charge in [0.15, 0.2) is 0 Å². The fourth-order valence-electron chi connectivity index (χ4n) is 4.50. The number of rotatable bonds is 5. The third-order valence-electron chi connectivity index (χ3n) is 6.45. The van der Waals surface area contributed by atoms with Crippen molar-refractivity contribution in [2.24, 2.45) is 0 Å². The van der Waals surface area contributed by atoms with E-state index in [2.05, 4.69) is 0 Å². The lowest BCUT2D eigenvalue weighted by molar-refractivity contribution is 0.423. The number of hydrogen-bond donors (Lipinski definition) is 0. The van der Waals surface area contributed by atoms with Gasteiger partial charge < -0.3 is 0 Å². The molecule has 2 aromatic carbocycles. The van der Waals surface area contributed by atoms with Gasteiger partial charge in [-0.05, 0) is 61.1 Å². The predicted octanol–water partition coefficient (Wildman–Crippen LogP) is 4.48. The molecule has 0 unspecified atom stereocenters. The van der Waals surface area contributed by atoms with Crippen LogP contribution in [0.4, 0.5) is 0 Å². The molecule has 0 aliphatic carbocycles. The normalized spacial score (nSPS) is 19.9. The summed E-state index contributed by atoms with van der Waals surface area (Å²) in [4.78, 5) is 0.618. The summed E-state index contributed by atoms with van der Waals surface area (Å²) in [5, 5.41) is 0. The minimum absolute atomic E-state index is 0.309. The van der Waals surface area contributed by atoms with Crippen molar-refractivity contribution in [1.82, 2.24) is 8.61 Å². The van der Waals surface area contributed by atoms with Crippen molar-refractivity contribution in [3.05, 3.63) is 48.5 Å². The largest absolute Gasteiger partial charge is 0.243 e. The van der Waals surface area contributed by atoms with E-state index >= 15 is 0 Å². The van der Waals surface area contributed by atoms with Gasteiger partial charge in [-0.1, -0.05) is 49.9 Å². The maximum absolute atomic E-state index is 13.0. The van der Waals surface area contributed by atoms with Gasteiger partial charge in [0.1, 0.15) is 0 Å². The highest BCUT2D eigenvalue weighted by atomic mass is 32.2. The van der Waals surface area contributed by atoms with Crippen molar-refractivity contribution < 1.29 is 16.8 Å². The SMILES string of the molecule is O=S(=O)(c1ccc(-c2ccc(S(=O)(=O)N3CCCCCC3)cc2)cc1)N1CCCCCC1. The van der Waals surface area contributed by atoms with E-state index in [1.165, 1.54) is 0 Å². The van der Waals surface area contributed by atoms with Crippen LogP contribution in [0.3, 0.4) is 0 Å². The molecule has 174 valence electrons. The van der Waals surface area contributed by atoms with E-state index < -0.39 is 20.0 Å². The summed E-state index contributed by atoms with van der Waals surface area (Å²) < 4.78 is 55.1. The van der Waals surface area contributed by atoms with Gasteiger partial charge in [-0.2, -0.15) is 8.61 Å². The molecule has 2 aromatic rings. The number of benzene rings is 2. The molecule has 4 rings (SSSR count). The van der Waals surface area contributed by atoms with E-state index in [1.807, 2.05) is 0 Å². The summed E-state index contributed by atoms with van der Waals surface area (Å²) >= 11 is 0. The molecule has 2 heterocycles. The van der Waals surface area contributed by atoms with Crippen LogP contribution in [0.1, 0.15) is 51.4 Å². The van der Waals surface area contributed by atoms with Crippen molar-refractivity contribution in [1.29, 1.82) is 0 Å². The second-order valence-electron chi connectivity index (χ2n) is 8.69. The molecule has 0 radical (unpaired) electrons. The van der Waals surface area contributed by atoms with E-state index in [9.17, 15) is 16.8 Å². The van der Waals surface area contributed by atoms with E-state index in [1.54, 1.807) is 57.1 Å². The third-order valence-corrected chi connectivity index (χ3v) is 10.3. The molecule has 2 aliphatic heterocycles. The second kappa shape index (κ2) is 10.0. The molecule has 2 aliphatic rings. The lowest BCUT2D eigenvalue weighted by Gasteiger charge is -2.20. The minimum Gasteiger partial charge on any atom is -0.207 e. The molecule has 0 atom stereocenters. The molecule has 8 heteroatoms. The fraction of sp³-hybridized carbons (Fsp3) is 0.500. The van der Waals surface area contributed by atoms with Crippen LogP contribution in [0.25, 0.3) is 11.1 Å². The summed E-state index contributed by atoms with van der Waals surface area (Å²) in [6.45, 7) is 2.32. The highest BCUT2D eigenvalue weighted by Crippen LogP contribution is 2.27. The van der Waals surface area contributed by atoms with Gasteiger partial charge in [0, 0.05) is 26.2 Å². The molecule has 6 nitrogen and oxygen atoms in total. The monoisotopic (exact) mass is 476 g/mol. The Hall–Kier alpha value is -1.74. The Morgan fingerprint density at radius 2 is 0.719 bits per heavy atom. The Kier molecular flexibility index (Phi) is 7.34. The molecule has 0 amide bonds. The molecule has 0 aromatic heterocycles. The van der Waals surface area contributed by atoms with Crippen molar-refractivity contribution in [2.45, 2.75) is 61.2 Å². The first kappa shape index (κ1) is 23.4. The summed E-state index contributed by atoms with van der Waals surface area (Å²) in [6, 6.07) is 13.8. The Balaban J connectivity index is 1.51. The topological polar surface area (TPSA) is 74.8 Å². The average Bonchev–Trinajstić information content (AvgIpc) is 3.26.